The highest BCUT2D eigenvalue weighted by molar-refractivity contribution is 7.92. The van der Waals surface area contributed by atoms with E-state index in [0.29, 0.717) is 17.1 Å². The average Bonchev–Trinajstić information content (AvgIpc) is 2.94. The van der Waals surface area contributed by atoms with Gasteiger partial charge < -0.3 is 10.2 Å². The number of hydrogen-bond donors (Lipinski definition) is 1. The standard InChI is InChI=1S/C31H38ClN3O4S/c1-4-24(2)33-31(37)29(22-25-14-7-5-8-15-25)34(23-26-16-11-12-19-28(26)32)30(36)20-13-21-35(40(3,38)39)27-17-9-6-10-18-27/h5-12,14-19,24,29H,4,13,20-23H2,1-3H3,(H,33,37)/t24-,29-/m0/s1. The van der Waals surface area contributed by atoms with Gasteiger partial charge in [0.15, 0.2) is 0 Å². The van der Waals surface area contributed by atoms with Gasteiger partial charge >= 0.3 is 0 Å². The van der Waals surface area contributed by atoms with Crippen LogP contribution in [-0.4, -0.2) is 50.0 Å². The Morgan fingerprint density at radius 3 is 2.12 bits per heavy atom. The zero-order valence-corrected chi connectivity index (χ0v) is 24.9. The Morgan fingerprint density at radius 2 is 1.52 bits per heavy atom. The highest BCUT2D eigenvalue weighted by Crippen LogP contribution is 2.22. The summed E-state index contributed by atoms with van der Waals surface area (Å²) in [6, 6.07) is 24.8. The number of para-hydroxylation sites is 1. The second-order valence-electron chi connectivity index (χ2n) is 9.91. The van der Waals surface area contributed by atoms with Crippen LogP contribution in [0.15, 0.2) is 84.9 Å². The highest BCUT2D eigenvalue weighted by Gasteiger charge is 2.31. The fraction of sp³-hybridized carbons (Fsp3) is 0.355. The van der Waals surface area contributed by atoms with Gasteiger partial charge in [0.05, 0.1) is 11.9 Å². The summed E-state index contributed by atoms with van der Waals surface area (Å²) in [6.45, 7) is 4.21. The molecule has 0 saturated heterocycles. The van der Waals surface area contributed by atoms with Crippen LogP contribution in [0.25, 0.3) is 0 Å². The van der Waals surface area contributed by atoms with Crippen LogP contribution in [0.3, 0.4) is 0 Å². The van der Waals surface area contributed by atoms with Gasteiger partial charge in [0, 0.05) is 37.0 Å². The Bertz CT molecular complexity index is 1350. The van der Waals surface area contributed by atoms with E-state index in [1.807, 2.05) is 68.4 Å². The molecule has 3 aromatic carbocycles. The van der Waals surface area contributed by atoms with E-state index in [1.165, 1.54) is 4.31 Å². The van der Waals surface area contributed by atoms with Crippen molar-refractivity contribution in [1.29, 1.82) is 0 Å². The van der Waals surface area contributed by atoms with Crippen molar-refractivity contribution in [2.45, 2.75) is 58.2 Å². The molecule has 0 spiro atoms. The molecule has 40 heavy (non-hydrogen) atoms. The second kappa shape index (κ2) is 14.9. The number of carbonyl (C=O) groups excluding carboxylic acids is 2. The lowest BCUT2D eigenvalue weighted by Crippen LogP contribution is -2.52. The molecule has 0 bridgehead atoms. The maximum atomic E-state index is 13.9. The molecule has 7 nitrogen and oxygen atoms in total. The summed E-state index contributed by atoms with van der Waals surface area (Å²) in [5, 5.41) is 3.56. The molecule has 0 aliphatic rings. The van der Waals surface area contributed by atoms with Crippen LogP contribution in [0.4, 0.5) is 5.69 Å². The van der Waals surface area contributed by atoms with Gasteiger partial charge in [-0.1, -0.05) is 85.3 Å². The minimum absolute atomic E-state index is 0.0581. The molecule has 2 amide bonds. The molecule has 0 saturated carbocycles. The van der Waals surface area contributed by atoms with Crippen LogP contribution in [0.1, 0.15) is 44.2 Å². The third-order valence-corrected chi connectivity index (χ3v) is 8.33. The molecule has 0 aliphatic carbocycles. The number of anilines is 1. The van der Waals surface area contributed by atoms with Crippen molar-refractivity contribution >= 4 is 39.1 Å². The van der Waals surface area contributed by atoms with Crippen LogP contribution in [0.2, 0.25) is 5.02 Å². The van der Waals surface area contributed by atoms with Crippen molar-refractivity contribution in [1.82, 2.24) is 10.2 Å². The number of sulfonamides is 1. The Balaban J connectivity index is 1.89. The summed E-state index contributed by atoms with van der Waals surface area (Å²) >= 11 is 6.48. The first-order valence-corrected chi connectivity index (χ1v) is 15.7. The van der Waals surface area contributed by atoms with E-state index in [0.717, 1.165) is 23.8 Å². The van der Waals surface area contributed by atoms with Crippen LogP contribution >= 0.6 is 11.6 Å². The average molecular weight is 584 g/mol. The van der Waals surface area contributed by atoms with E-state index in [4.69, 9.17) is 11.6 Å². The third-order valence-electron chi connectivity index (χ3n) is 6.77. The van der Waals surface area contributed by atoms with Gasteiger partial charge in [0.2, 0.25) is 21.8 Å². The Morgan fingerprint density at radius 1 is 0.925 bits per heavy atom. The zero-order valence-electron chi connectivity index (χ0n) is 23.3. The molecule has 0 heterocycles. The predicted octanol–water partition coefficient (Wildman–Crippen LogP) is 5.44. The van der Waals surface area contributed by atoms with Crippen LogP contribution in [0, 0.1) is 0 Å². The van der Waals surface area contributed by atoms with E-state index < -0.39 is 16.1 Å². The van der Waals surface area contributed by atoms with Gasteiger partial charge in [-0.05, 0) is 49.1 Å². The minimum Gasteiger partial charge on any atom is -0.352 e. The molecule has 3 aromatic rings. The normalized spacial score (nSPS) is 12.8. The summed E-state index contributed by atoms with van der Waals surface area (Å²) in [5.74, 6) is -0.484. The van der Waals surface area contributed by atoms with Gasteiger partial charge in [-0.3, -0.25) is 13.9 Å². The zero-order chi connectivity index (χ0) is 29.1. The molecular weight excluding hydrogens is 546 g/mol. The molecule has 3 rings (SSSR count). The number of hydrogen-bond acceptors (Lipinski definition) is 4. The fourth-order valence-electron chi connectivity index (χ4n) is 4.40. The van der Waals surface area contributed by atoms with Crippen molar-refractivity contribution in [3.63, 3.8) is 0 Å². The predicted molar refractivity (Wildman–Crippen MR) is 162 cm³/mol. The molecule has 0 fully saturated rings. The summed E-state index contributed by atoms with van der Waals surface area (Å²) in [5.41, 5.74) is 2.20. The summed E-state index contributed by atoms with van der Waals surface area (Å²) < 4.78 is 26.3. The summed E-state index contributed by atoms with van der Waals surface area (Å²) in [4.78, 5) is 29.0. The topological polar surface area (TPSA) is 86.8 Å². The van der Waals surface area contributed by atoms with Crippen molar-refractivity contribution in [3.05, 3.63) is 101 Å². The lowest BCUT2D eigenvalue weighted by Gasteiger charge is -2.33. The van der Waals surface area contributed by atoms with E-state index in [1.54, 1.807) is 35.2 Å². The van der Waals surface area contributed by atoms with E-state index >= 15 is 0 Å². The molecule has 0 unspecified atom stereocenters. The molecule has 0 radical (unpaired) electrons. The van der Waals surface area contributed by atoms with Crippen LogP contribution in [0.5, 0.6) is 0 Å². The molecule has 9 heteroatoms. The van der Waals surface area contributed by atoms with Gasteiger partial charge in [0.25, 0.3) is 0 Å². The first-order chi connectivity index (χ1) is 19.1. The number of benzene rings is 3. The largest absolute Gasteiger partial charge is 0.352 e. The van der Waals surface area contributed by atoms with Gasteiger partial charge in [-0.2, -0.15) is 0 Å². The first-order valence-electron chi connectivity index (χ1n) is 13.5. The minimum atomic E-state index is -3.55. The number of nitrogens with one attached hydrogen (secondary N) is 1. The number of nitrogens with zero attached hydrogens (tertiary/aromatic N) is 2. The summed E-state index contributed by atoms with van der Waals surface area (Å²) in [7, 11) is -3.55. The van der Waals surface area contributed by atoms with Crippen LogP contribution < -0.4 is 9.62 Å². The fourth-order valence-corrected chi connectivity index (χ4v) is 5.56. The number of halogens is 1. The lowest BCUT2D eigenvalue weighted by molar-refractivity contribution is -0.141. The number of amides is 2. The lowest BCUT2D eigenvalue weighted by atomic mass is 10.0. The Kier molecular flexibility index (Phi) is 11.6. The second-order valence-corrected chi connectivity index (χ2v) is 12.2. The van der Waals surface area contributed by atoms with Crippen LogP contribution in [-0.2, 0) is 32.6 Å². The smallest absolute Gasteiger partial charge is 0.243 e. The van der Waals surface area contributed by atoms with E-state index in [2.05, 4.69) is 5.32 Å². The highest BCUT2D eigenvalue weighted by atomic mass is 35.5. The number of rotatable bonds is 14. The van der Waals surface area contributed by atoms with E-state index in [-0.39, 0.29) is 43.8 Å². The van der Waals surface area contributed by atoms with E-state index in [9.17, 15) is 18.0 Å². The molecule has 0 aliphatic heterocycles. The van der Waals surface area contributed by atoms with Gasteiger partial charge in [-0.15, -0.1) is 0 Å². The van der Waals surface area contributed by atoms with Gasteiger partial charge in [-0.25, -0.2) is 8.42 Å². The monoisotopic (exact) mass is 583 g/mol. The Labute approximate surface area is 243 Å². The van der Waals surface area contributed by atoms with Crippen molar-refractivity contribution in [2.75, 3.05) is 17.1 Å². The maximum absolute atomic E-state index is 13.9. The Hall–Kier alpha value is -3.36. The molecular formula is C31H38ClN3O4S. The first kappa shape index (κ1) is 31.2. The van der Waals surface area contributed by atoms with Crippen molar-refractivity contribution in [2.24, 2.45) is 0 Å². The molecule has 2 atom stereocenters. The quantitative estimate of drug-likeness (QED) is 0.274. The van der Waals surface area contributed by atoms with Crippen molar-refractivity contribution in [3.8, 4) is 0 Å². The molecule has 214 valence electrons. The SMILES string of the molecule is CC[C@H](C)NC(=O)[C@H](Cc1ccccc1)N(Cc1ccccc1Cl)C(=O)CCCN(c1ccccc1)S(C)(=O)=O. The summed E-state index contributed by atoms with van der Waals surface area (Å²) in [6.07, 6.45) is 2.58. The van der Waals surface area contributed by atoms with Crippen molar-refractivity contribution < 1.29 is 18.0 Å². The molecule has 1 N–H and O–H groups in total. The van der Waals surface area contributed by atoms with Gasteiger partial charge in [0.1, 0.15) is 6.04 Å². The number of carbonyl (C=O) groups is 2. The maximum Gasteiger partial charge on any atom is 0.243 e. The third kappa shape index (κ3) is 9.10. The molecule has 0 aromatic heterocycles.